The van der Waals surface area contributed by atoms with E-state index in [0.29, 0.717) is 18.0 Å². The molecule has 4 nitrogen and oxygen atoms in total. The van der Waals surface area contributed by atoms with E-state index in [0.717, 1.165) is 29.7 Å². The largest absolute Gasteiger partial charge is 0.312 e. The minimum Gasteiger partial charge on any atom is -0.312 e. The number of hydrogen-bond donors (Lipinski definition) is 0. The highest BCUT2D eigenvalue weighted by Gasteiger charge is 2.37. The normalized spacial score (nSPS) is 23.9. The number of anilines is 1. The lowest BCUT2D eigenvalue weighted by molar-refractivity contribution is -0.121. The van der Waals surface area contributed by atoms with Gasteiger partial charge in [0, 0.05) is 11.6 Å². The highest BCUT2D eigenvalue weighted by molar-refractivity contribution is 7.91. The molecule has 3 rings (SSSR count). The van der Waals surface area contributed by atoms with E-state index < -0.39 is 15.8 Å². The Balaban J connectivity index is 1.96. The van der Waals surface area contributed by atoms with Crippen molar-refractivity contribution in [1.82, 2.24) is 0 Å². The molecule has 1 aromatic carbocycles. The van der Waals surface area contributed by atoms with Gasteiger partial charge in [-0.05, 0) is 43.4 Å². The van der Waals surface area contributed by atoms with Crippen LogP contribution in [0.3, 0.4) is 0 Å². The van der Waals surface area contributed by atoms with Crippen LogP contribution in [0.25, 0.3) is 0 Å². The topological polar surface area (TPSA) is 54.5 Å². The second-order valence-corrected chi connectivity index (χ2v) is 8.52. The molecule has 1 atom stereocenters. The average molecular weight is 328 g/mol. The summed E-state index contributed by atoms with van der Waals surface area (Å²) >= 11 is 6.26. The molecule has 0 spiro atoms. The fourth-order valence-corrected chi connectivity index (χ4v) is 5.28. The Morgan fingerprint density at radius 1 is 1.38 bits per heavy atom. The molecule has 1 aromatic rings. The van der Waals surface area contributed by atoms with Gasteiger partial charge in [0.1, 0.15) is 0 Å². The third-order valence-corrected chi connectivity index (χ3v) is 6.48. The summed E-state index contributed by atoms with van der Waals surface area (Å²) in [5, 5.41) is 0.687. The van der Waals surface area contributed by atoms with Crippen molar-refractivity contribution in [2.45, 2.75) is 26.2 Å². The SMILES string of the molecule is Cc1ccc(Cl)c2c1N(C(=O)C1CCS(=O)(=O)C1)CCC2. The second kappa shape index (κ2) is 5.29. The third kappa shape index (κ3) is 2.69. The first-order valence-corrected chi connectivity index (χ1v) is 9.39. The van der Waals surface area contributed by atoms with Crippen LogP contribution >= 0.6 is 11.6 Å². The summed E-state index contributed by atoms with van der Waals surface area (Å²) in [6, 6.07) is 3.78. The lowest BCUT2D eigenvalue weighted by atomic mass is 9.96. The van der Waals surface area contributed by atoms with Gasteiger partial charge in [-0.25, -0.2) is 8.42 Å². The number of benzene rings is 1. The Morgan fingerprint density at radius 3 is 2.81 bits per heavy atom. The van der Waals surface area contributed by atoms with Crippen LogP contribution in [0, 0.1) is 12.8 Å². The zero-order valence-electron chi connectivity index (χ0n) is 11.9. The first-order chi connectivity index (χ1) is 9.89. The average Bonchev–Trinajstić information content (AvgIpc) is 2.82. The quantitative estimate of drug-likeness (QED) is 0.795. The second-order valence-electron chi connectivity index (χ2n) is 5.88. The van der Waals surface area contributed by atoms with Crippen molar-refractivity contribution in [2.24, 2.45) is 5.92 Å². The van der Waals surface area contributed by atoms with Crippen molar-refractivity contribution < 1.29 is 13.2 Å². The van der Waals surface area contributed by atoms with Crippen LogP contribution in [0.1, 0.15) is 24.0 Å². The zero-order valence-corrected chi connectivity index (χ0v) is 13.5. The number of nitrogens with zero attached hydrogens (tertiary/aromatic N) is 1. The van der Waals surface area contributed by atoms with Crippen molar-refractivity contribution >= 4 is 33.0 Å². The summed E-state index contributed by atoms with van der Waals surface area (Å²) in [6.45, 7) is 2.61. The molecule has 6 heteroatoms. The number of rotatable bonds is 1. The monoisotopic (exact) mass is 327 g/mol. The molecule has 0 N–H and O–H groups in total. The molecule has 1 fully saturated rings. The van der Waals surface area contributed by atoms with Crippen molar-refractivity contribution in [3.8, 4) is 0 Å². The van der Waals surface area contributed by atoms with Gasteiger partial charge in [0.15, 0.2) is 9.84 Å². The number of sulfone groups is 1. The number of carbonyl (C=O) groups is 1. The van der Waals surface area contributed by atoms with Crippen molar-refractivity contribution in [3.63, 3.8) is 0 Å². The van der Waals surface area contributed by atoms with E-state index in [2.05, 4.69) is 0 Å². The maximum atomic E-state index is 12.7. The Bertz CT molecular complexity index is 699. The molecule has 0 bridgehead atoms. The predicted molar refractivity (Wildman–Crippen MR) is 83.6 cm³/mol. The van der Waals surface area contributed by atoms with Crippen LogP contribution in [-0.4, -0.2) is 32.4 Å². The van der Waals surface area contributed by atoms with Crippen LogP contribution < -0.4 is 4.90 Å². The molecule has 2 heterocycles. The summed E-state index contributed by atoms with van der Waals surface area (Å²) in [6.07, 6.45) is 2.16. The van der Waals surface area contributed by atoms with Gasteiger partial charge in [0.2, 0.25) is 5.91 Å². The van der Waals surface area contributed by atoms with E-state index in [1.54, 1.807) is 4.90 Å². The van der Waals surface area contributed by atoms with E-state index in [1.165, 1.54) is 0 Å². The van der Waals surface area contributed by atoms with Gasteiger partial charge in [-0.3, -0.25) is 4.79 Å². The molecule has 2 aliphatic heterocycles. The summed E-state index contributed by atoms with van der Waals surface area (Å²) in [7, 11) is -3.05. The number of hydrogen-bond acceptors (Lipinski definition) is 3. The molecular formula is C15H18ClNO3S. The molecule has 21 heavy (non-hydrogen) atoms. The van der Waals surface area contributed by atoms with Crippen LogP contribution in [0.2, 0.25) is 5.02 Å². The van der Waals surface area contributed by atoms with Gasteiger partial charge in [0.05, 0.1) is 23.1 Å². The number of fused-ring (bicyclic) bond motifs is 1. The van der Waals surface area contributed by atoms with Gasteiger partial charge in [-0.1, -0.05) is 17.7 Å². The Hall–Kier alpha value is -1.07. The van der Waals surface area contributed by atoms with E-state index in [4.69, 9.17) is 11.6 Å². The maximum Gasteiger partial charge on any atom is 0.231 e. The van der Waals surface area contributed by atoms with Crippen LogP contribution in [-0.2, 0) is 21.1 Å². The van der Waals surface area contributed by atoms with Gasteiger partial charge in [0.25, 0.3) is 0 Å². The predicted octanol–water partition coefficient (Wildman–Crippen LogP) is 2.36. The molecule has 0 aromatic heterocycles. The fraction of sp³-hybridized carbons (Fsp3) is 0.533. The number of amides is 1. The summed E-state index contributed by atoms with van der Waals surface area (Å²) in [5.41, 5.74) is 2.92. The lowest BCUT2D eigenvalue weighted by Gasteiger charge is -2.33. The van der Waals surface area contributed by atoms with E-state index >= 15 is 0 Å². The third-order valence-electron chi connectivity index (χ3n) is 4.35. The molecule has 0 saturated carbocycles. The Morgan fingerprint density at radius 2 is 2.14 bits per heavy atom. The first kappa shape index (κ1) is 14.9. The van der Waals surface area contributed by atoms with Crippen LogP contribution in [0.5, 0.6) is 0 Å². The molecule has 2 aliphatic rings. The van der Waals surface area contributed by atoms with Gasteiger partial charge >= 0.3 is 0 Å². The van der Waals surface area contributed by atoms with Gasteiger partial charge < -0.3 is 4.90 Å². The standard InChI is InChI=1S/C15H18ClNO3S/c1-10-4-5-13(16)12-3-2-7-17(14(10)12)15(18)11-6-8-21(19,20)9-11/h4-5,11H,2-3,6-9H2,1H3. The molecular weight excluding hydrogens is 310 g/mol. The molecule has 1 unspecified atom stereocenters. The Labute approximate surface area is 130 Å². The highest BCUT2D eigenvalue weighted by atomic mass is 35.5. The lowest BCUT2D eigenvalue weighted by Crippen LogP contribution is -2.40. The van der Waals surface area contributed by atoms with E-state index in [-0.39, 0.29) is 17.4 Å². The van der Waals surface area contributed by atoms with E-state index in [9.17, 15) is 13.2 Å². The highest BCUT2D eigenvalue weighted by Crippen LogP contribution is 2.37. The minimum atomic E-state index is -3.05. The molecule has 0 aliphatic carbocycles. The smallest absolute Gasteiger partial charge is 0.231 e. The molecule has 114 valence electrons. The number of carbonyl (C=O) groups excluding carboxylic acids is 1. The van der Waals surface area contributed by atoms with Crippen LogP contribution in [0.4, 0.5) is 5.69 Å². The van der Waals surface area contributed by atoms with Crippen molar-refractivity contribution in [1.29, 1.82) is 0 Å². The summed E-state index contributed by atoms with van der Waals surface area (Å²) < 4.78 is 23.2. The van der Waals surface area contributed by atoms with Gasteiger partial charge in [-0.15, -0.1) is 0 Å². The zero-order chi connectivity index (χ0) is 15.2. The van der Waals surface area contributed by atoms with Crippen molar-refractivity contribution in [3.05, 3.63) is 28.3 Å². The molecule has 1 saturated heterocycles. The minimum absolute atomic E-state index is 0.0166. The fourth-order valence-electron chi connectivity index (χ4n) is 3.30. The maximum absolute atomic E-state index is 12.7. The van der Waals surface area contributed by atoms with Crippen LogP contribution in [0.15, 0.2) is 12.1 Å². The van der Waals surface area contributed by atoms with Gasteiger partial charge in [-0.2, -0.15) is 0 Å². The summed E-state index contributed by atoms with van der Waals surface area (Å²) in [5.74, 6) is -0.364. The number of aryl methyl sites for hydroxylation is 1. The summed E-state index contributed by atoms with van der Waals surface area (Å²) in [4.78, 5) is 14.5. The number of halogens is 1. The Kier molecular flexibility index (Phi) is 3.74. The molecule has 0 radical (unpaired) electrons. The molecule has 1 amide bonds. The van der Waals surface area contributed by atoms with Crippen molar-refractivity contribution in [2.75, 3.05) is 23.0 Å². The van der Waals surface area contributed by atoms with E-state index in [1.807, 2.05) is 19.1 Å². The first-order valence-electron chi connectivity index (χ1n) is 7.19.